The van der Waals surface area contributed by atoms with Gasteiger partial charge in [-0.3, -0.25) is 14.4 Å². The fourth-order valence-electron chi connectivity index (χ4n) is 2.79. The van der Waals surface area contributed by atoms with Crippen LogP contribution in [-0.2, 0) is 4.84 Å². The number of nitrogens with one attached hydrogen (secondary N) is 1. The molecule has 1 aliphatic heterocycles. The molecular weight excluding hydrogens is 328 g/mol. The lowest BCUT2D eigenvalue weighted by Crippen LogP contribution is -2.34. The van der Waals surface area contributed by atoms with E-state index in [2.05, 4.69) is 5.32 Å². The van der Waals surface area contributed by atoms with Crippen LogP contribution in [0.15, 0.2) is 42.5 Å². The molecule has 0 bridgehead atoms. The average molecular weight is 345 g/mol. The maximum Gasteiger partial charge on any atom is 0.285 e. The van der Waals surface area contributed by atoms with Crippen molar-refractivity contribution in [1.29, 1.82) is 0 Å². The van der Waals surface area contributed by atoms with E-state index >= 15 is 0 Å². The van der Waals surface area contributed by atoms with E-state index in [1.807, 2.05) is 19.1 Å². The Morgan fingerprint density at radius 2 is 1.75 bits per heavy atom. The summed E-state index contributed by atoms with van der Waals surface area (Å²) in [6, 6.07) is 12.1. The molecule has 5 nitrogen and oxygen atoms in total. The zero-order valence-electron chi connectivity index (χ0n) is 13.4. The van der Waals surface area contributed by atoms with E-state index in [-0.39, 0.29) is 12.6 Å². The zero-order valence-corrected chi connectivity index (χ0v) is 14.1. The van der Waals surface area contributed by atoms with Crippen molar-refractivity contribution in [2.45, 2.75) is 13.0 Å². The van der Waals surface area contributed by atoms with Gasteiger partial charge in [0.25, 0.3) is 11.8 Å². The first kappa shape index (κ1) is 16.6. The van der Waals surface area contributed by atoms with Gasteiger partial charge in [0, 0.05) is 5.02 Å². The highest BCUT2D eigenvalue weighted by Gasteiger charge is 2.36. The number of hydroxylamine groups is 2. The number of rotatable bonds is 5. The molecule has 0 radical (unpaired) electrons. The third kappa shape index (κ3) is 2.94. The fraction of sp³-hybridized carbons (Fsp3) is 0.222. The van der Waals surface area contributed by atoms with Crippen LogP contribution in [0.3, 0.4) is 0 Å². The Balaban J connectivity index is 1.75. The summed E-state index contributed by atoms with van der Waals surface area (Å²) in [5, 5.41) is 4.63. The van der Waals surface area contributed by atoms with Crippen molar-refractivity contribution in [3.05, 3.63) is 69.7 Å². The van der Waals surface area contributed by atoms with Crippen molar-refractivity contribution >= 4 is 23.4 Å². The number of benzene rings is 2. The van der Waals surface area contributed by atoms with Gasteiger partial charge in [-0.15, -0.1) is 5.06 Å². The predicted molar refractivity (Wildman–Crippen MR) is 90.9 cm³/mol. The second-order valence-electron chi connectivity index (χ2n) is 5.59. The lowest BCUT2D eigenvalue weighted by atomic mass is 10.0. The standard InChI is InChI=1S/C18H17ClN2O3/c1-11-9-12(19)7-8-13(11)16(20-2)10-24-21-17(22)14-5-3-4-6-15(14)18(21)23/h3-9,16,20H,10H2,1-2H3. The highest BCUT2D eigenvalue weighted by molar-refractivity contribution is 6.30. The van der Waals surface area contributed by atoms with E-state index in [4.69, 9.17) is 16.4 Å². The van der Waals surface area contributed by atoms with Crippen LogP contribution in [0.2, 0.25) is 5.02 Å². The summed E-state index contributed by atoms with van der Waals surface area (Å²) in [6.07, 6.45) is 0. The molecule has 0 spiro atoms. The van der Waals surface area contributed by atoms with Crippen molar-refractivity contribution in [1.82, 2.24) is 10.4 Å². The van der Waals surface area contributed by atoms with Crippen LogP contribution in [0.5, 0.6) is 0 Å². The van der Waals surface area contributed by atoms with Crippen molar-refractivity contribution in [3.8, 4) is 0 Å². The van der Waals surface area contributed by atoms with Crippen molar-refractivity contribution in [3.63, 3.8) is 0 Å². The molecule has 6 heteroatoms. The lowest BCUT2D eigenvalue weighted by molar-refractivity contribution is -0.0977. The predicted octanol–water partition coefficient (Wildman–Crippen LogP) is 3.14. The van der Waals surface area contributed by atoms with Gasteiger partial charge in [0.15, 0.2) is 0 Å². The second kappa shape index (κ2) is 6.73. The van der Waals surface area contributed by atoms with Crippen LogP contribution in [-0.4, -0.2) is 30.5 Å². The number of imide groups is 1. The van der Waals surface area contributed by atoms with Gasteiger partial charge >= 0.3 is 0 Å². The molecule has 1 aliphatic rings. The molecule has 1 N–H and O–H groups in total. The lowest BCUT2D eigenvalue weighted by Gasteiger charge is -2.21. The molecule has 1 atom stereocenters. The molecule has 2 aromatic carbocycles. The van der Waals surface area contributed by atoms with Crippen LogP contribution >= 0.6 is 11.6 Å². The van der Waals surface area contributed by atoms with Crippen molar-refractivity contribution < 1.29 is 14.4 Å². The van der Waals surface area contributed by atoms with Gasteiger partial charge < -0.3 is 5.32 Å². The Hall–Kier alpha value is -2.21. The van der Waals surface area contributed by atoms with Gasteiger partial charge in [0.1, 0.15) is 0 Å². The Morgan fingerprint density at radius 3 is 2.29 bits per heavy atom. The number of carbonyl (C=O) groups excluding carboxylic acids is 2. The van der Waals surface area contributed by atoms with E-state index in [1.54, 1.807) is 37.4 Å². The Labute approximate surface area is 145 Å². The molecule has 0 fully saturated rings. The Kier molecular flexibility index (Phi) is 4.66. The minimum absolute atomic E-state index is 0.143. The molecule has 0 saturated heterocycles. The van der Waals surface area contributed by atoms with Crippen LogP contribution in [0.1, 0.15) is 37.9 Å². The van der Waals surface area contributed by atoms with Crippen LogP contribution in [0, 0.1) is 6.92 Å². The number of nitrogens with zero attached hydrogens (tertiary/aromatic N) is 1. The smallest absolute Gasteiger partial charge is 0.285 e. The molecule has 3 rings (SSSR count). The van der Waals surface area contributed by atoms with Gasteiger partial charge in [-0.2, -0.15) is 0 Å². The summed E-state index contributed by atoms with van der Waals surface area (Å²) < 4.78 is 0. The van der Waals surface area contributed by atoms with Crippen LogP contribution in [0.25, 0.3) is 0 Å². The van der Waals surface area contributed by atoms with Gasteiger partial charge in [-0.05, 0) is 49.4 Å². The van der Waals surface area contributed by atoms with Gasteiger partial charge in [0.05, 0.1) is 23.8 Å². The average Bonchev–Trinajstić information content (AvgIpc) is 2.82. The highest BCUT2D eigenvalue weighted by Crippen LogP contribution is 2.25. The molecule has 2 amide bonds. The van der Waals surface area contributed by atoms with Gasteiger partial charge in [-0.25, -0.2) is 0 Å². The minimum Gasteiger partial charge on any atom is -0.311 e. The largest absolute Gasteiger partial charge is 0.311 e. The van der Waals surface area contributed by atoms with Gasteiger partial charge in [-0.1, -0.05) is 29.8 Å². The molecule has 24 heavy (non-hydrogen) atoms. The molecule has 1 heterocycles. The van der Waals surface area contributed by atoms with Crippen molar-refractivity contribution in [2.24, 2.45) is 0 Å². The summed E-state index contributed by atoms with van der Waals surface area (Å²) in [6.45, 7) is 2.10. The van der Waals surface area contributed by atoms with Crippen LogP contribution < -0.4 is 5.32 Å². The molecule has 0 aliphatic carbocycles. The number of aryl methyl sites for hydroxylation is 1. The first-order valence-corrected chi connectivity index (χ1v) is 7.94. The summed E-state index contributed by atoms with van der Waals surface area (Å²) in [5.41, 5.74) is 2.74. The fourth-order valence-corrected chi connectivity index (χ4v) is 3.02. The third-order valence-electron chi connectivity index (χ3n) is 4.08. The SMILES string of the molecule is CNC(CON1C(=O)c2ccccc2C1=O)c1ccc(Cl)cc1C. The number of fused-ring (bicyclic) bond motifs is 1. The third-order valence-corrected chi connectivity index (χ3v) is 4.32. The number of carbonyl (C=O) groups is 2. The summed E-state index contributed by atoms with van der Waals surface area (Å²) in [4.78, 5) is 30.1. The molecule has 1 unspecified atom stereocenters. The second-order valence-corrected chi connectivity index (χ2v) is 6.02. The number of halogens is 1. The van der Waals surface area contributed by atoms with E-state index < -0.39 is 11.8 Å². The normalized spacial score (nSPS) is 14.9. The van der Waals surface area contributed by atoms with Crippen LogP contribution in [0.4, 0.5) is 0 Å². The van der Waals surface area contributed by atoms with E-state index in [1.165, 1.54) is 0 Å². The summed E-state index contributed by atoms with van der Waals surface area (Å²) in [7, 11) is 1.80. The number of likely N-dealkylation sites (N-methyl/N-ethyl adjacent to an activating group) is 1. The summed E-state index contributed by atoms with van der Waals surface area (Å²) >= 11 is 5.99. The maximum atomic E-state index is 12.3. The Morgan fingerprint density at radius 1 is 1.12 bits per heavy atom. The highest BCUT2D eigenvalue weighted by atomic mass is 35.5. The molecule has 124 valence electrons. The quantitative estimate of drug-likeness (QED) is 0.847. The first-order valence-electron chi connectivity index (χ1n) is 7.57. The van der Waals surface area contributed by atoms with E-state index in [0.717, 1.165) is 16.2 Å². The molecule has 0 aromatic heterocycles. The van der Waals surface area contributed by atoms with E-state index in [9.17, 15) is 9.59 Å². The van der Waals surface area contributed by atoms with E-state index in [0.29, 0.717) is 16.1 Å². The summed E-state index contributed by atoms with van der Waals surface area (Å²) in [5.74, 6) is -0.864. The molecule has 0 saturated carbocycles. The Bertz CT molecular complexity index is 772. The molecule has 2 aromatic rings. The number of hydrogen-bond donors (Lipinski definition) is 1. The minimum atomic E-state index is -0.432. The zero-order chi connectivity index (χ0) is 17.3. The van der Waals surface area contributed by atoms with Gasteiger partial charge in [0.2, 0.25) is 0 Å². The van der Waals surface area contributed by atoms with Crippen molar-refractivity contribution in [2.75, 3.05) is 13.7 Å². The number of amides is 2. The maximum absolute atomic E-state index is 12.3. The monoisotopic (exact) mass is 344 g/mol. The number of hydrogen-bond acceptors (Lipinski definition) is 4. The molecular formula is C18H17ClN2O3. The first-order chi connectivity index (χ1) is 11.5. The topological polar surface area (TPSA) is 58.6 Å².